The molecule has 0 aliphatic heterocycles. The van der Waals surface area contributed by atoms with Crippen LogP contribution in [0.4, 0.5) is 0 Å². The van der Waals surface area contributed by atoms with Crippen molar-refractivity contribution in [3.8, 4) is 17.2 Å². The summed E-state index contributed by atoms with van der Waals surface area (Å²) < 4.78 is 22.7. The molecule has 1 heterocycles. The third-order valence-corrected chi connectivity index (χ3v) is 5.75. The lowest BCUT2D eigenvalue weighted by atomic mass is 9.96. The third-order valence-electron chi connectivity index (χ3n) is 5.75. The Labute approximate surface area is 231 Å². The second-order valence-corrected chi connectivity index (χ2v) is 12.2. The van der Waals surface area contributed by atoms with Gasteiger partial charge in [0.25, 0.3) is 0 Å². The average Bonchev–Trinajstić information content (AvgIpc) is 3.25. The molecule has 0 radical (unpaired) electrons. The van der Waals surface area contributed by atoms with E-state index in [1.165, 1.54) is 0 Å². The lowest BCUT2D eigenvalue weighted by Crippen LogP contribution is -2.33. The maximum Gasteiger partial charge on any atom is 0.320 e. The van der Waals surface area contributed by atoms with Crippen LogP contribution in [0.2, 0.25) is 0 Å². The molecule has 0 spiro atoms. The number of hydrogen-bond donors (Lipinski definition) is 0. The number of carbonyl (C=O) groups is 2. The van der Waals surface area contributed by atoms with Crippen LogP contribution in [0.1, 0.15) is 58.6 Å². The molecule has 0 aliphatic rings. The number of oxazole rings is 1. The zero-order valence-electron chi connectivity index (χ0n) is 24.2. The second kappa shape index (κ2) is 13.0. The van der Waals surface area contributed by atoms with E-state index in [0.717, 1.165) is 22.6 Å². The Morgan fingerprint density at radius 2 is 1.41 bits per heavy atom. The molecule has 0 N–H and O–H groups in total. The van der Waals surface area contributed by atoms with Crippen LogP contribution in [0.25, 0.3) is 11.5 Å². The Bertz CT molecular complexity index is 1190. The molecule has 0 unspecified atom stereocenters. The second-order valence-electron chi connectivity index (χ2n) is 12.2. The van der Waals surface area contributed by atoms with Crippen LogP contribution in [0.5, 0.6) is 5.75 Å². The summed E-state index contributed by atoms with van der Waals surface area (Å²) in [6, 6.07) is 17.2. The maximum atomic E-state index is 12.9. The average molecular weight is 536 g/mol. The molecular weight excluding hydrogens is 494 g/mol. The predicted molar refractivity (Wildman–Crippen MR) is 150 cm³/mol. The Kier molecular flexibility index (Phi) is 9.95. The van der Waals surface area contributed by atoms with Crippen LogP contribution in [-0.2, 0) is 31.9 Å². The molecule has 0 amide bonds. The molecule has 1 aromatic heterocycles. The first kappa shape index (κ1) is 29.9. The van der Waals surface area contributed by atoms with Crippen molar-refractivity contribution in [2.45, 2.75) is 61.3 Å². The number of aromatic nitrogens is 1. The highest BCUT2D eigenvalue weighted by atomic mass is 16.6. The van der Waals surface area contributed by atoms with Crippen LogP contribution in [0, 0.1) is 23.7 Å². The Morgan fingerprint density at radius 3 is 1.95 bits per heavy atom. The Morgan fingerprint density at radius 1 is 0.846 bits per heavy atom. The van der Waals surface area contributed by atoms with Crippen LogP contribution in [0.3, 0.4) is 0 Å². The van der Waals surface area contributed by atoms with Gasteiger partial charge in [0.2, 0.25) is 5.89 Å². The van der Waals surface area contributed by atoms with Crippen LogP contribution in [-0.4, -0.2) is 36.7 Å². The predicted octanol–water partition coefficient (Wildman–Crippen LogP) is 6.61. The summed E-state index contributed by atoms with van der Waals surface area (Å²) in [5.41, 5.74) is 2.19. The van der Waals surface area contributed by atoms with E-state index in [0.29, 0.717) is 24.7 Å². The fourth-order valence-electron chi connectivity index (χ4n) is 3.63. The van der Waals surface area contributed by atoms with E-state index < -0.39 is 17.9 Å². The van der Waals surface area contributed by atoms with Crippen molar-refractivity contribution in [3.63, 3.8) is 0 Å². The molecule has 0 bridgehead atoms. The SMILES string of the molecule is Cc1oc(-c2ccccc2)nc1CCOc1ccc(CC(C(=O)OCC(C)(C)C)C(=O)OCC(C)(C)C)cc1. The van der Waals surface area contributed by atoms with E-state index in [1.807, 2.05) is 103 Å². The van der Waals surface area contributed by atoms with Crippen molar-refractivity contribution in [3.05, 3.63) is 71.6 Å². The van der Waals surface area contributed by atoms with Crippen LogP contribution >= 0.6 is 0 Å². The monoisotopic (exact) mass is 535 g/mol. The van der Waals surface area contributed by atoms with E-state index >= 15 is 0 Å². The molecular formula is C32H41NO6. The van der Waals surface area contributed by atoms with E-state index in [4.69, 9.17) is 18.6 Å². The molecule has 0 fully saturated rings. The number of carbonyl (C=O) groups excluding carboxylic acids is 2. The fraction of sp³-hybridized carbons (Fsp3) is 0.469. The molecule has 0 saturated carbocycles. The molecule has 7 nitrogen and oxygen atoms in total. The van der Waals surface area contributed by atoms with Gasteiger partial charge in [-0.05, 0) is 54.0 Å². The maximum absolute atomic E-state index is 12.9. The fourth-order valence-corrected chi connectivity index (χ4v) is 3.63. The van der Waals surface area contributed by atoms with Crippen molar-refractivity contribution >= 4 is 11.9 Å². The van der Waals surface area contributed by atoms with Crippen molar-refractivity contribution in [2.75, 3.05) is 19.8 Å². The number of nitrogens with zero attached hydrogens (tertiary/aromatic N) is 1. The van der Waals surface area contributed by atoms with Gasteiger partial charge in [-0.15, -0.1) is 0 Å². The summed E-state index contributed by atoms with van der Waals surface area (Å²) in [4.78, 5) is 30.3. The standard InChI is InChI=1S/C32H41NO6/c1-22-27(33-28(39-22)24-11-9-8-10-12-24)17-18-36-25-15-13-23(14-16-25)19-26(29(34)37-20-31(2,3)4)30(35)38-21-32(5,6)7/h8-16,26H,17-21H2,1-7H3. The van der Waals surface area contributed by atoms with Gasteiger partial charge < -0.3 is 18.6 Å². The van der Waals surface area contributed by atoms with Gasteiger partial charge in [-0.2, -0.15) is 0 Å². The number of rotatable bonds is 11. The zero-order chi connectivity index (χ0) is 28.6. The Hall–Kier alpha value is -3.61. The normalized spacial score (nSPS) is 11.9. The zero-order valence-corrected chi connectivity index (χ0v) is 24.2. The van der Waals surface area contributed by atoms with Crippen LogP contribution in [0.15, 0.2) is 59.0 Å². The smallest absolute Gasteiger partial charge is 0.320 e. The minimum atomic E-state index is -1.03. The number of ether oxygens (including phenoxy) is 3. The summed E-state index contributed by atoms with van der Waals surface area (Å²) in [6.07, 6.45) is 0.790. The van der Waals surface area contributed by atoms with Gasteiger partial charge in [-0.25, -0.2) is 4.98 Å². The summed E-state index contributed by atoms with van der Waals surface area (Å²) in [6.45, 7) is 14.6. The van der Waals surface area contributed by atoms with Gasteiger partial charge in [0.15, 0.2) is 5.92 Å². The van der Waals surface area contributed by atoms with Gasteiger partial charge in [-0.3, -0.25) is 9.59 Å². The summed E-state index contributed by atoms with van der Waals surface area (Å²) >= 11 is 0. The first-order chi connectivity index (χ1) is 18.3. The Balaban J connectivity index is 1.59. The van der Waals surface area contributed by atoms with E-state index in [9.17, 15) is 9.59 Å². The van der Waals surface area contributed by atoms with Gasteiger partial charge in [0.05, 0.1) is 25.5 Å². The first-order valence-electron chi connectivity index (χ1n) is 13.4. The molecule has 2 aromatic carbocycles. The number of aryl methyl sites for hydroxylation is 1. The van der Waals surface area contributed by atoms with Crippen molar-refractivity contribution in [1.29, 1.82) is 0 Å². The van der Waals surface area contributed by atoms with Gasteiger partial charge in [0, 0.05) is 12.0 Å². The van der Waals surface area contributed by atoms with Gasteiger partial charge in [-0.1, -0.05) is 71.9 Å². The molecule has 3 aromatic rings. The lowest BCUT2D eigenvalue weighted by Gasteiger charge is -2.23. The van der Waals surface area contributed by atoms with Crippen LogP contribution < -0.4 is 4.74 Å². The highest BCUT2D eigenvalue weighted by molar-refractivity contribution is 5.95. The minimum Gasteiger partial charge on any atom is -0.493 e. The highest BCUT2D eigenvalue weighted by Gasteiger charge is 2.32. The number of esters is 2. The first-order valence-corrected chi connectivity index (χ1v) is 13.4. The molecule has 210 valence electrons. The topological polar surface area (TPSA) is 87.9 Å². The quantitative estimate of drug-likeness (QED) is 0.202. The third kappa shape index (κ3) is 9.89. The molecule has 0 atom stereocenters. The molecule has 0 saturated heterocycles. The van der Waals surface area contributed by atoms with E-state index in [-0.39, 0.29) is 30.5 Å². The summed E-state index contributed by atoms with van der Waals surface area (Å²) in [7, 11) is 0. The van der Waals surface area contributed by atoms with E-state index in [1.54, 1.807) is 0 Å². The number of hydrogen-bond acceptors (Lipinski definition) is 7. The molecule has 0 aliphatic carbocycles. The minimum absolute atomic E-state index is 0.187. The van der Waals surface area contributed by atoms with Crippen molar-refractivity contribution in [2.24, 2.45) is 16.7 Å². The lowest BCUT2D eigenvalue weighted by molar-refractivity contribution is -0.165. The molecule has 7 heteroatoms. The van der Waals surface area contributed by atoms with Crippen molar-refractivity contribution < 1.29 is 28.2 Å². The van der Waals surface area contributed by atoms with Gasteiger partial charge >= 0.3 is 11.9 Å². The molecule has 39 heavy (non-hydrogen) atoms. The molecule has 3 rings (SSSR count). The summed E-state index contributed by atoms with van der Waals surface area (Å²) in [5, 5.41) is 0. The van der Waals surface area contributed by atoms with Gasteiger partial charge in [0.1, 0.15) is 11.5 Å². The summed E-state index contributed by atoms with van der Waals surface area (Å²) in [5.74, 6) is -0.107. The van der Waals surface area contributed by atoms with E-state index in [2.05, 4.69) is 4.98 Å². The number of benzene rings is 2. The largest absolute Gasteiger partial charge is 0.493 e. The van der Waals surface area contributed by atoms with Crippen molar-refractivity contribution in [1.82, 2.24) is 4.98 Å². The highest BCUT2D eigenvalue weighted by Crippen LogP contribution is 2.23.